The van der Waals surface area contributed by atoms with Crippen LogP contribution in [0, 0.1) is 5.92 Å². The minimum absolute atomic E-state index is 0.0544. The van der Waals surface area contributed by atoms with Crippen LogP contribution in [0.25, 0.3) is 0 Å². The summed E-state index contributed by atoms with van der Waals surface area (Å²) in [5.41, 5.74) is -0.721. The summed E-state index contributed by atoms with van der Waals surface area (Å²) in [6.45, 7) is 7.84. The van der Waals surface area contributed by atoms with Crippen molar-refractivity contribution in [1.82, 2.24) is 15.1 Å². The van der Waals surface area contributed by atoms with Gasteiger partial charge in [0.1, 0.15) is 5.54 Å². The van der Waals surface area contributed by atoms with Crippen LogP contribution in [0.4, 0.5) is 4.79 Å². The van der Waals surface area contributed by atoms with E-state index in [1.54, 1.807) is 0 Å². The average molecular weight is 323 g/mol. The highest BCUT2D eigenvalue weighted by molar-refractivity contribution is 6.07. The SMILES string of the molecule is C[C@@H]1CN(CN2C(=O)N[C@](C)(C3CCCCC3)C2=O)C[C@H](C)O1. The minimum atomic E-state index is -0.721. The molecule has 3 atom stereocenters. The first-order chi connectivity index (χ1) is 10.9. The van der Waals surface area contributed by atoms with Gasteiger partial charge < -0.3 is 10.1 Å². The molecule has 3 fully saturated rings. The van der Waals surface area contributed by atoms with Crippen LogP contribution in [-0.4, -0.2) is 59.2 Å². The Morgan fingerprint density at radius 2 is 1.74 bits per heavy atom. The van der Waals surface area contributed by atoms with Crippen LogP contribution in [0.3, 0.4) is 0 Å². The van der Waals surface area contributed by atoms with Gasteiger partial charge in [0, 0.05) is 13.1 Å². The number of rotatable bonds is 3. The minimum Gasteiger partial charge on any atom is -0.373 e. The number of morpholine rings is 1. The third-order valence-corrected chi connectivity index (χ3v) is 5.56. The molecule has 0 bridgehead atoms. The van der Waals surface area contributed by atoms with Crippen LogP contribution in [-0.2, 0) is 9.53 Å². The molecule has 0 aromatic carbocycles. The zero-order valence-corrected chi connectivity index (χ0v) is 14.5. The van der Waals surface area contributed by atoms with E-state index in [2.05, 4.69) is 10.2 Å². The van der Waals surface area contributed by atoms with Crippen LogP contribution < -0.4 is 5.32 Å². The van der Waals surface area contributed by atoms with Gasteiger partial charge in [-0.1, -0.05) is 19.3 Å². The molecule has 6 heteroatoms. The number of hydrogen-bond donors (Lipinski definition) is 1. The number of carbonyl (C=O) groups excluding carboxylic acids is 2. The summed E-state index contributed by atoms with van der Waals surface area (Å²) in [7, 11) is 0. The van der Waals surface area contributed by atoms with Crippen molar-refractivity contribution in [2.45, 2.75) is 70.6 Å². The predicted molar refractivity (Wildman–Crippen MR) is 86.8 cm³/mol. The summed E-state index contributed by atoms with van der Waals surface area (Å²) >= 11 is 0. The van der Waals surface area contributed by atoms with Crippen LogP contribution in [0.15, 0.2) is 0 Å². The summed E-state index contributed by atoms with van der Waals surface area (Å²) in [4.78, 5) is 28.9. The van der Waals surface area contributed by atoms with Gasteiger partial charge in [-0.15, -0.1) is 0 Å². The second kappa shape index (κ2) is 6.40. The van der Waals surface area contributed by atoms with Gasteiger partial charge in [-0.2, -0.15) is 0 Å². The second-order valence-corrected chi connectivity index (χ2v) is 7.64. The fourth-order valence-corrected chi connectivity index (χ4v) is 4.40. The van der Waals surface area contributed by atoms with Gasteiger partial charge in [0.2, 0.25) is 0 Å². The van der Waals surface area contributed by atoms with Crippen molar-refractivity contribution in [2.75, 3.05) is 19.8 Å². The zero-order chi connectivity index (χ0) is 16.6. The Labute approximate surface area is 138 Å². The van der Waals surface area contributed by atoms with E-state index in [0.29, 0.717) is 6.67 Å². The van der Waals surface area contributed by atoms with E-state index in [1.807, 2.05) is 20.8 Å². The lowest BCUT2D eigenvalue weighted by molar-refractivity contribution is -0.137. The van der Waals surface area contributed by atoms with E-state index in [-0.39, 0.29) is 30.1 Å². The molecule has 3 rings (SSSR count). The fourth-order valence-electron chi connectivity index (χ4n) is 4.40. The zero-order valence-electron chi connectivity index (χ0n) is 14.5. The van der Waals surface area contributed by atoms with Crippen molar-refractivity contribution in [2.24, 2.45) is 5.92 Å². The smallest absolute Gasteiger partial charge is 0.326 e. The molecule has 2 aliphatic heterocycles. The maximum atomic E-state index is 13.0. The lowest BCUT2D eigenvalue weighted by Crippen LogP contribution is -2.53. The van der Waals surface area contributed by atoms with Gasteiger partial charge in [-0.05, 0) is 39.5 Å². The average Bonchev–Trinajstić information content (AvgIpc) is 2.72. The third-order valence-electron chi connectivity index (χ3n) is 5.56. The molecule has 0 aromatic heterocycles. The van der Waals surface area contributed by atoms with E-state index in [0.717, 1.165) is 38.8 Å². The van der Waals surface area contributed by atoms with E-state index in [4.69, 9.17) is 4.74 Å². The Kier molecular flexibility index (Phi) is 4.65. The first-order valence-electron chi connectivity index (χ1n) is 8.92. The molecule has 6 nitrogen and oxygen atoms in total. The summed E-state index contributed by atoms with van der Waals surface area (Å²) in [6, 6.07) is -0.241. The second-order valence-electron chi connectivity index (χ2n) is 7.64. The molecule has 0 unspecified atom stereocenters. The standard InChI is InChI=1S/C17H29N3O3/c1-12-9-19(10-13(2)23-12)11-20-15(21)17(3,18-16(20)22)14-7-5-4-6-8-14/h12-14H,4-11H2,1-3H3,(H,18,22)/t12-,13+,17-/m1/s1. The maximum Gasteiger partial charge on any atom is 0.326 e. The van der Waals surface area contributed by atoms with Crippen molar-refractivity contribution in [3.63, 3.8) is 0 Å². The summed E-state index contributed by atoms with van der Waals surface area (Å²) in [5.74, 6) is 0.210. The Hall–Kier alpha value is -1.14. The van der Waals surface area contributed by atoms with Crippen molar-refractivity contribution < 1.29 is 14.3 Å². The van der Waals surface area contributed by atoms with Crippen molar-refractivity contribution >= 4 is 11.9 Å². The maximum absolute atomic E-state index is 13.0. The number of nitrogens with zero attached hydrogens (tertiary/aromatic N) is 2. The fraction of sp³-hybridized carbons (Fsp3) is 0.882. The first kappa shape index (κ1) is 16.7. The molecular weight excluding hydrogens is 294 g/mol. The molecule has 1 aliphatic carbocycles. The molecule has 0 spiro atoms. The number of ether oxygens (including phenoxy) is 1. The third kappa shape index (κ3) is 3.24. The molecule has 0 radical (unpaired) electrons. The lowest BCUT2D eigenvalue weighted by atomic mass is 9.75. The first-order valence-corrected chi connectivity index (χ1v) is 8.92. The number of nitrogens with one attached hydrogen (secondary N) is 1. The van der Waals surface area contributed by atoms with Crippen molar-refractivity contribution in [1.29, 1.82) is 0 Å². The Morgan fingerprint density at radius 1 is 1.13 bits per heavy atom. The van der Waals surface area contributed by atoms with Crippen LogP contribution in [0.1, 0.15) is 52.9 Å². The number of amides is 3. The topological polar surface area (TPSA) is 61.9 Å². The van der Waals surface area contributed by atoms with Gasteiger partial charge in [0.15, 0.2) is 0 Å². The number of urea groups is 1. The Morgan fingerprint density at radius 3 is 2.35 bits per heavy atom. The van der Waals surface area contributed by atoms with Gasteiger partial charge in [0.25, 0.3) is 5.91 Å². The monoisotopic (exact) mass is 323 g/mol. The molecule has 23 heavy (non-hydrogen) atoms. The molecule has 1 saturated carbocycles. The number of hydrogen-bond acceptors (Lipinski definition) is 4. The Bertz CT molecular complexity index is 468. The largest absolute Gasteiger partial charge is 0.373 e. The highest BCUT2D eigenvalue weighted by Crippen LogP contribution is 2.36. The van der Waals surface area contributed by atoms with E-state index in [1.165, 1.54) is 11.3 Å². The van der Waals surface area contributed by atoms with Crippen molar-refractivity contribution in [3.8, 4) is 0 Å². The summed E-state index contributed by atoms with van der Waals surface area (Å²) in [6.07, 6.45) is 5.86. The van der Waals surface area contributed by atoms with Gasteiger partial charge in [-0.25, -0.2) is 9.69 Å². The molecule has 130 valence electrons. The van der Waals surface area contributed by atoms with E-state index in [9.17, 15) is 9.59 Å². The van der Waals surface area contributed by atoms with Gasteiger partial charge in [0.05, 0.1) is 18.9 Å². The van der Waals surface area contributed by atoms with Gasteiger partial charge in [-0.3, -0.25) is 9.69 Å². The molecule has 3 aliphatic rings. The van der Waals surface area contributed by atoms with Crippen molar-refractivity contribution in [3.05, 3.63) is 0 Å². The highest BCUT2D eigenvalue weighted by Gasteiger charge is 2.52. The molecule has 1 N–H and O–H groups in total. The Balaban J connectivity index is 1.68. The number of imide groups is 1. The molecular formula is C17H29N3O3. The van der Waals surface area contributed by atoms with Crippen LogP contribution in [0.5, 0.6) is 0 Å². The summed E-state index contributed by atoms with van der Waals surface area (Å²) < 4.78 is 5.72. The van der Waals surface area contributed by atoms with Crippen LogP contribution >= 0.6 is 0 Å². The van der Waals surface area contributed by atoms with E-state index < -0.39 is 5.54 Å². The lowest BCUT2D eigenvalue weighted by Gasteiger charge is -2.37. The molecule has 2 heterocycles. The van der Waals surface area contributed by atoms with Crippen LogP contribution in [0.2, 0.25) is 0 Å². The summed E-state index contributed by atoms with van der Waals surface area (Å²) in [5, 5.41) is 2.99. The number of carbonyl (C=O) groups is 2. The normalized spacial score (nSPS) is 37.3. The molecule has 0 aromatic rings. The van der Waals surface area contributed by atoms with E-state index >= 15 is 0 Å². The van der Waals surface area contributed by atoms with Gasteiger partial charge >= 0.3 is 6.03 Å². The molecule has 2 saturated heterocycles. The predicted octanol–water partition coefficient (Wildman–Crippen LogP) is 1.94. The molecule has 3 amide bonds. The highest BCUT2D eigenvalue weighted by atomic mass is 16.5. The quantitative estimate of drug-likeness (QED) is 0.806.